The van der Waals surface area contributed by atoms with Crippen LogP contribution >= 0.6 is 0 Å². The predicted octanol–water partition coefficient (Wildman–Crippen LogP) is 3.41. The van der Waals surface area contributed by atoms with Crippen LogP contribution in [0.4, 0.5) is 16.2 Å². The van der Waals surface area contributed by atoms with Gasteiger partial charge >= 0.3 is 6.03 Å². The van der Waals surface area contributed by atoms with Crippen molar-refractivity contribution in [2.45, 2.75) is 51.2 Å². The highest BCUT2D eigenvalue weighted by molar-refractivity contribution is 7.92. The summed E-state index contributed by atoms with van der Waals surface area (Å²) in [6, 6.07) is 9.85. The molecule has 1 aromatic heterocycles. The second kappa shape index (κ2) is 13.6. The first-order chi connectivity index (χ1) is 20.8. The Morgan fingerprint density at radius 3 is 2.55 bits per heavy atom. The standard InChI is InChI=1S/C30H39N5O8S/c1-18-15-35(19(2)17-36)28(37)14-22-13-23(33-44(39,40)25-10-8-24(41-6)9-11-25)7-12-26(22)42-27(18)16-34(5)30(38)31-29-20(3)32-43-21(29)4/h7-13,18-19,27,33,36H,14-17H2,1-6H3,(H,31,38)/t18-,19-,27+/m1/s1. The van der Waals surface area contributed by atoms with Crippen LogP contribution in [-0.4, -0.2) is 86.4 Å². The van der Waals surface area contributed by atoms with Crippen molar-refractivity contribution in [1.29, 1.82) is 0 Å². The molecule has 0 bridgehead atoms. The molecule has 0 unspecified atom stereocenters. The number of carbonyl (C=O) groups excluding carboxylic acids is 2. The average molecular weight is 630 g/mol. The molecule has 0 aliphatic carbocycles. The molecule has 0 saturated heterocycles. The molecule has 13 nitrogen and oxygen atoms in total. The maximum absolute atomic E-state index is 13.5. The van der Waals surface area contributed by atoms with Crippen LogP contribution in [0.25, 0.3) is 0 Å². The van der Waals surface area contributed by atoms with Crippen LogP contribution in [0.3, 0.4) is 0 Å². The number of nitrogens with zero attached hydrogens (tertiary/aromatic N) is 3. The van der Waals surface area contributed by atoms with Gasteiger partial charge in [0.05, 0.1) is 37.6 Å². The number of rotatable bonds is 9. The van der Waals surface area contributed by atoms with Gasteiger partial charge in [0.1, 0.15) is 29.0 Å². The first-order valence-corrected chi connectivity index (χ1v) is 15.6. The van der Waals surface area contributed by atoms with Crippen LogP contribution < -0.4 is 19.5 Å². The van der Waals surface area contributed by atoms with Crippen molar-refractivity contribution in [3.63, 3.8) is 0 Å². The SMILES string of the molecule is COc1ccc(S(=O)(=O)Nc2ccc3c(c2)CC(=O)N([C@H](C)CO)C[C@@H](C)[C@H](CN(C)C(=O)Nc2c(C)noc2C)O3)cc1. The zero-order valence-corrected chi connectivity index (χ0v) is 26.5. The van der Waals surface area contributed by atoms with E-state index in [9.17, 15) is 23.1 Å². The smallest absolute Gasteiger partial charge is 0.321 e. The van der Waals surface area contributed by atoms with Crippen molar-refractivity contribution in [3.8, 4) is 11.5 Å². The van der Waals surface area contributed by atoms with Gasteiger partial charge in [0, 0.05) is 30.8 Å². The molecule has 238 valence electrons. The number of carbonyl (C=O) groups is 2. The van der Waals surface area contributed by atoms with E-state index in [4.69, 9.17) is 14.0 Å². The van der Waals surface area contributed by atoms with Crippen LogP contribution in [0.1, 0.15) is 30.9 Å². The van der Waals surface area contributed by atoms with Crippen molar-refractivity contribution in [1.82, 2.24) is 15.0 Å². The zero-order chi connectivity index (χ0) is 32.2. The van der Waals surface area contributed by atoms with Gasteiger partial charge in [0.15, 0.2) is 5.76 Å². The Labute approximate surface area is 257 Å². The molecule has 14 heteroatoms. The fourth-order valence-electron chi connectivity index (χ4n) is 4.90. The molecule has 3 aromatic rings. The highest BCUT2D eigenvalue weighted by Gasteiger charge is 2.32. The van der Waals surface area contributed by atoms with Gasteiger partial charge in [-0.05, 0) is 63.2 Å². The Balaban J connectivity index is 1.62. The van der Waals surface area contributed by atoms with E-state index in [1.165, 1.54) is 24.1 Å². The van der Waals surface area contributed by atoms with Crippen LogP contribution in [0, 0.1) is 19.8 Å². The minimum absolute atomic E-state index is 0.0453. The number of benzene rings is 2. The Morgan fingerprint density at radius 1 is 1.23 bits per heavy atom. The molecule has 3 N–H and O–H groups in total. The molecule has 0 radical (unpaired) electrons. The van der Waals surface area contributed by atoms with Crippen LogP contribution in [0.15, 0.2) is 51.9 Å². The van der Waals surface area contributed by atoms with E-state index in [1.807, 2.05) is 6.92 Å². The van der Waals surface area contributed by atoms with E-state index in [0.717, 1.165) is 0 Å². The van der Waals surface area contributed by atoms with E-state index in [2.05, 4.69) is 15.2 Å². The number of likely N-dealkylation sites (N-methyl/N-ethyl adjacent to an activating group) is 1. The van der Waals surface area contributed by atoms with Crippen molar-refractivity contribution < 1.29 is 37.1 Å². The van der Waals surface area contributed by atoms with Gasteiger partial charge < -0.3 is 34.2 Å². The molecule has 0 fully saturated rings. The minimum atomic E-state index is -3.94. The summed E-state index contributed by atoms with van der Waals surface area (Å²) >= 11 is 0. The summed E-state index contributed by atoms with van der Waals surface area (Å²) in [5.74, 6) is 0.899. The number of aliphatic hydroxyl groups is 1. The lowest BCUT2D eigenvalue weighted by atomic mass is 10.0. The summed E-state index contributed by atoms with van der Waals surface area (Å²) in [6.07, 6.45) is -0.644. The van der Waals surface area contributed by atoms with Gasteiger partial charge in [-0.15, -0.1) is 0 Å². The summed E-state index contributed by atoms with van der Waals surface area (Å²) in [7, 11) is -0.815. The van der Waals surface area contributed by atoms with E-state index in [1.54, 1.807) is 63.1 Å². The number of ether oxygens (including phenoxy) is 2. The van der Waals surface area contributed by atoms with Gasteiger partial charge in [-0.2, -0.15) is 0 Å². The van der Waals surface area contributed by atoms with Crippen molar-refractivity contribution in [2.75, 3.05) is 43.9 Å². The number of aromatic nitrogens is 1. The number of aliphatic hydroxyl groups excluding tert-OH is 1. The molecule has 44 heavy (non-hydrogen) atoms. The summed E-state index contributed by atoms with van der Waals surface area (Å²) < 4.78 is 45.5. The highest BCUT2D eigenvalue weighted by Crippen LogP contribution is 2.30. The second-order valence-corrected chi connectivity index (χ2v) is 12.7. The lowest BCUT2D eigenvalue weighted by molar-refractivity contribution is -0.134. The minimum Gasteiger partial charge on any atom is -0.497 e. The third-order valence-electron chi connectivity index (χ3n) is 7.60. The van der Waals surface area contributed by atoms with Crippen molar-refractivity contribution >= 4 is 33.3 Å². The largest absolute Gasteiger partial charge is 0.497 e. The molecular weight excluding hydrogens is 590 g/mol. The molecule has 4 rings (SSSR count). The Morgan fingerprint density at radius 2 is 1.93 bits per heavy atom. The van der Waals surface area contributed by atoms with Gasteiger partial charge in [0.25, 0.3) is 10.0 Å². The quantitative estimate of drug-likeness (QED) is 0.322. The van der Waals surface area contributed by atoms with Crippen molar-refractivity contribution in [2.24, 2.45) is 5.92 Å². The number of methoxy groups -OCH3 is 1. The number of fused-ring (bicyclic) bond motifs is 1. The first-order valence-electron chi connectivity index (χ1n) is 14.1. The molecule has 0 spiro atoms. The fraction of sp³-hybridized carbons (Fsp3) is 0.433. The van der Waals surface area contributed by atoms with E-state index < -0.39 is 28.2 Å². The number of urea groups is 1. The summed E-state index contributed by atoms with van der Waals surface area (Å²) in [5, 5.41) is 16.6. The van der Waals surface area contributed by atoms with Crippen LogP contribution in [0.2, 0.25) is 0 Å². The second-order valence-electron chi connectivity index (χ2n) is 11.0. The summed E-state index contributed by atoms with van der Waals surface area (Å²) in [6.45, 7) is 7.30. The van der Waals surface area contributed by atoms with Crippen molar-refractivity contribution in [3.05, 3.63) is 59.5 Å². The number of hydrogen-bond donors (Lipinski definition) is 3. The molecule has 1 aliphatic heterocycles. The number of amides is 3. The van der Waals surface area contributed by atoms with Gasteiger partial charge in [-0.3, -0.25) is 9.52 Å². The maximum Gasteiger partial charge on any atom is 0.321 e. The van der Waals surface area contributed by atoms with E-state index in [0.29, 0.717) is 34.2 Å². The van der Waals surface area contributed by atoms with Gasteiger partial charge in [-0.25, -0.2) is 13.2 Å². The normalized spacial score (nSPS) is 17.8. The highest BCUT2D eigenvalue weighted by atomic mass is 32.2. The van der Waals surface area contributed by atoms with Gasteiger partial charge in [0.2, 0.25) is 5.91 Å². The summed E-state index contributed by atoms with van der Waals surface area (Å²) in [5.41, 5.74) is 1.75. The molecule has 1 aliphatic rings. The average Bonchev–Trinajstić information content (AvgIpc) is 3.33. The fourth-order valence-corrected chi connectivity index (χ4v) is 5.95. The lowest BCUT2D eigenvalue weighted by Crippen LogP contribution is -2.48. The third kappa shape index (κ3) is 7.42. The monoisotopic (exact) mass is 629 g/mol. The first kappa shape index (κ1) is 32.6. The predicted molar refractivity (Wildman–Crippen MR) is 163 cm³/mol. The van der Waals surface area contributed by atoms with Crippen LogP contribution in [-0.2, 0) is 21.2 Å². The molecule has 0 saturated carbocycles. The Bertz CT molecular complexity index is 1570. The van der Waals surface area contributed by atoms with Crippen LogP contribution in [0.5, 0.6) is 11.5 Å². The number of hydrogen-bond acceptors (Lipinski definition) is 9. The zero-order valence-electron chi connectivity index (χ0n) is 25.7. The van der Waals surface area contributed by atoms with E-state index >= 15 is 0 Å². The topological polar surface area (TPSA) is 164 Å². The molecule has 3 amide bonds. The number of aryl methyl sites for hydroxylation is 2. The van der Waals surface area contributed by atoms with E-state index in [-0.39, 0.29) is 48.5 Å². The number of anilines is 2. The maximum atomic E-state index is 13.5. The molecule has 2 aromatic carbocycles. The molecular formula is C30H39N5O8S. The summed E-state index contributed by atoms with van der Waals surface area (Å²) in [4.78, 5) is 29.7. The number of nitrogens with one attached hydrogen (secondary N) is 2. The molecule has 3 atom stereocenters. The lowest BCUT2D eigenvalue weighted by Gasteiger charge is -2.34. The Kier molecular flexibility index (Phi) is 10.0. The molecule has 2 heterocycles. The Hall–Kier alpha value is -4.30. The third-order valence-corrected chi connectivity index (χ3v) is 9.00. The number of sulfonamides is 1. The van der Waals surface area contributed by atoms with Gasteiger partial charge in [-0.1, -0.05) is 12.1 Å².